The molecule has 5 aromatic carbocycles. The summed E-state index contributed by atoms with van der Waals surface area (Å²) in [5.41, 5.74) is 3.71. The molecule has 2 N–H and O–H groups in total. The van der Waals surface area contributed by atoms with Gasteiger partial charge in [0.15, 0.2) is 41.0 Å². The molecular formula is C37H22N4O4. The van der Waals surface area contributed by atoms with Gasteiger partial charge in [0.25, 0.3) is 0 Å². The third kappa shape index (κ3) is 3.90. The van der Waals surface area contributed by atoms with Crippen LogP contribution >= 0.6 is 0 Å². The lowest BCUT2D eigenvalue weighted by molar-refractivity contribution is 0.0977. The van der Waals surface area contributed by atoms with E-state index in [0.717, 1.165) is 0 Å². The largest absolute Gasteiger partial charge is 0.289 e. The van der Waals surface area contributed by atoms with Gasteiger partial charge in [-0.1, -0.05) is 115 Å². The summed E-state index contributed by atoms with van der Waals surface area (Å²) < 4.78 is 0. The second kappa shape index (κ2) is 9.97. The van der Waals surface area contributed by atoms with E-state index in [2.05, 4.69) is 0 Å². The van der Waals surface area contributed by atoms with Crippen molar-refractivity contribution in [1.29, 1.82) is 0 Å². The average molecular weight is 587 g/mol. The molecule has 0 fully saturated rings. The molecule has 0 radical (unpaired) electrons. The predicted molar refractivity (Wildman–Crippen MR) is 168 cm³/mol. The Bertz CT molecular complexity index is 2220. The number of fused-ring (bicyclic) bond motifs is 4. The van der Waals surface area contributed by atoms with E-state index < -0.39 is 6.17 Å². The van der Waals surface area contributed by atoms with Gasteiger partial charge in [-0.05, 0) is 0 Å². The van der Waals surface area contributed by atoms with Gasteiger partial charge in [0.05, 0.1) is 0 Å². The highest BCUT2D eigenvalue weighted by Crippen LogP contribution is 2.37. The molecule has 5 aromatic rings. The van der Waals surface area contributed by atoms with Crippen LogP contribution in [0.4, 0.5) is 0 Å². The van der Waals surface area contributed by atoms with E-state index in [-0.39, 0.29) is 51.2 Å². The van der Waals surface area contributed by atoms with E-state index in [9.17, 15) is 19.2 Å². The van der Waals surface area contributed by atoms with Crippen LogP contribution in [0.3, 0.4) is 0 Å². The Morgan fingerprint density at radius 3 is 1.58 bits per heavy atom. The fourth-order valence-electron chi connectivity index (χ4n) is 6.35. The Balaban J connectivity index is 1.35. The van der Waals surface area contributed by atoms with E-state index in [1.807, 2.05) is 30.3 Å². The summed E-state index contributed by atoms with van der Waals surface area (Å²) >= 11 is 0. The number of aliphatic imine (C=N–C) groups is 2. The summed E-state index contributed by atoms with van der Waals surface area (Å²) in [6, 6.07) is 32.8. The van der Waals surface area contributed by atoms with Gasteiger partial charge in [-0.15, -0.1) is 0 Å². The smallest absolute Gasteiger partial charge is 0.195 e. The van der Waals surface area contributed by atoms with E-state index in [1.165, 1.54) is 5.01 Å². The standard InChI is InChI=1S/C37H22N4O4/c38-41-36(20-10-2-1-3-11-20)39-35(27-18-8-16-25-29(27)33(44)23-14-6-4-12-21(23)31(25)42)40-37(41)28-19-9-17-26-30(28)34(45)24-15-7-5-13-22(24)32(26)43/h1-19,37H,38H2. The Hall–Kier alpha value is -6.12. The molecule has 0 saturated carbocycles. The summed E-state index contributed by atoms with van der Waals surface area (Å²) in [5, 5.41) is 1.37. The van der Waals surface area contributed by atoms with Crippen molar-refractivity contribution < 1.29 is 19.2 Å². The Morgan fingerprint density at radius 1 is 0.489 bits per heavy atom. The lowest BCUT2D eigenvalue weighted by Gasteiger charge is -2.33. The summed E-state index contributed by atoms with van der Waals surface area (Å²) in [5.74, 6) is 6.14. The normalized spacial score (nSPS) is 16.7. The summed E-state index contributed by atoms with van der Waals surface area (Å²) in [6.07, 6.45) is -0.998. The van der Waals surface area contributed by atoms with Crippen molar-refractivity contribution in [2.45, 2.75) is 6.17 Å². The number of nitrogens with two attached hydrogens (primary N) is 1. The SMILES string of the molecule is NN1C(c2ccccc2)=NC(c2cccc3c2C(=O)c2ccccc2C3=O)=NC1c1cccc2c1C(=O)c1ccccc1C2=O. The molecule has 2 aliphatic carbocycles. The second-order valence-electron chi connectivity index (χ2n) is 10.9. The Morgan fingerprint density at radius 2 is 0.956 bits per heavy atom. The lowest BCUT2D eigenvalue weighted by atomic mass is 9.81. The van der Waals surface area contributed by atoms with Crippen LogP contribution in [-0.2, 0) is 0 Å². The number of rotatable bonds is 3. The molecule has 214 valence electrons. The first-order valence-corrected chi connectivity index (χ1v) is 14.3. The lowest BCUT2D eigenvalue weighted by Crippen LogP contribution is -2.44. The average Bonchev–Trinajstić information content (AvgIpc) is 3.09. The molecule has 0 bridgehead atoms. The van der Waals surface area contributed by atoms with Gasteiger partial charge in [0.2, 0.25) is 0 Å². The van der Waals surface area contributed by atoms with Crippen LogP contribution in [0.5, 0.6) is 0 Å². The molecule has 0 saturated heterocycles. The van der Waals surface area contributed by atoms with E-state index in [4.69, 9.17) is 15.8 Å². The van der Waals surface area contributed by atoms with Gasteiger partial charge in [0, 0.05) is 61.2 Å². The third-order valence-corrected chi connectivity index (χ3v) is 8.45. The van der Waals surface area contributed by atoms with Crippen LogP contribution in [0, 0.1) is 0 Å². The van der Waals surface area contributed by atoms with Crippen LogP contribution < -0.4 is 5.84 Å². The molecular weight excluding hydrogens is 564 g/mol. The van der Waals surface area contributed by atoms with Crippen molar-refractivity contribution >= 4 is 34.8 Å². The van der Waals surface area contributed by atoms with E-state index in [0.29, 0.717) is 44.8 Å². The number of carbonyl (C=O) groups is 4. The number of ketones is 4. The number of hydrogen-bond acceptors (Lipinski definition) is 8. The molecule has 1 unspecified atom stereocenters. The summed E-state index contributed by atoms with van der Waals surface area (Å²) in [6.45, 7) is 0. The van der Waals surface area contributed by atoms with Crippen LogP contribution in [0.15, 0.2) is 125 Å². The number of amidine groups is 2. The zero-order valence-corrected chi connectivity index (χ0v) is 23.6. The number of hydrogen-bond donors (Lipinski definition) is 1. The van der Waals surface area contributed by atoms with Gasteiger partial charge in [0.1, 0.15) is 0 Å². The molecule has 1 heterocycles. The molecule has 0 aromatic heterocycles. The molecule has 8 nitrogen and oxygen atoms in total. The molecule has 8 heteroatoms. The fraction of sp³-hybridized carbons (Fsp3) is 0.0270. The van der Waals surface area contributed by atoms with Crippen LogP contribution in [0.2, 0.25) is 0 Å². The highest BCUT2D eigenvalue weighted by molar-refractivity contribution is 6.32. The first kappa shape index (κ1) is 26.5. The van der Waals surface area contributed by atoms with Crippen LogP contribution in [-0.4, -0.2) is 39.8 Å². The second-order valence-corrected chi connectivity index (χ2v) is 10.9. The van der Waals surface area contributed by atoms with E-state index >= 15 is 0 Å². The summed E-state index contributed by atoms with van der Waals surface area (Å²) in [7, 11) is 0. The number of nitrogens with zero attached hydrogens (tertiary/aromatic N) is 3. The van der Waals surface area contributed by atoms with Gasteiger partial charge in [-0.3, -0.25) is 24.2 Å². The highest BCUT2D eigenvalue weighted by Gasteiger charge is 2.38. The van der Waals surface area contributed by atoms with Gasteiger partial charge in [-0.2, -0.15) is 0 Å². The molecule has 1 aliphatic heterocycles. The predicted octanol–water partition coefficient (Wildman–Crippen LogP) is 5.32. The maximum Gasteiger partial charge on any atom is 0.195 e. The van der Waals surface area contributed by atoms with Crippen molar-refractivity contribution in [1.82, 2.24) is 5.01 Å². The minimum atomic E-state index is -0.998. The quantitative estimate of drug-likeness (QED) is 0.280. The maximum atomic E-state index is 13.9. The Kier molecular flexibility index (Phi) is 5.87. The maximum absolute atomic E-state index is 13.9. The monoisotopic (exact) mass is 586 g/mol. The van der Waals surface area contributed by atoms with Crippen molar-refractivity contribution in [3.8, 4) is 0 Å². The van der Waals surface area contributed by atoms with Gasteiger partial charge < -0.3 is 0 Å². The van der Waals surface area contributed by atoms with Gasteiger partial charge >= 0.3 is 0 Å². The minimum Gasteiger partial charge on any atom is -0.289 e. The highest BCUT2D eigenvalue weighted by atomic mass is 16.1. The zero-order chi connectivity index (χ0) is 30.8. The minimum absolute atomic E-state index is 0.172. The zero-order valence-electron chi connectivity index (χ0n) is 23.6. The van der Waals surface area contributed by atoms with E-state index in [1.54, 1.807) is 84.9 Å². The molecule has 45 heavy (non-hydrogen) atoms. The Labute approximate surface area is 257 Å². The van der Waals surface area contributed by atoms with Crippen molar-refractivity contribution in [2.24, 2.45) is 15.8 Å². The number of carbonyl (C=O) groups excluding carboxylic acids is 4. The van der Waals surface area contributed by atoms with Crippen molar-refractivity contribution in [3.63, 3.8) is 0 Å². The van der Waals surface area contributed by atoms with Crippen molar-refractivity contribution in [3.05, 3.63) is 176 Å². The van der Waals surface area contributed by atoms with Crippen LogP contribution in [0.1, 0.15) is 86.5 Å². The van der Waals surface area contributed by atoms with Crippen LogP contribution in [0.25, 0.3) is 0 Å². The molecule has 3 aliphatic rings. The topological polar surface area (TPSA) is 122 Å². The number of benzene rings is 5. The fourth-order valence-corrected chi connectivity index (χ4v) is 6.35. The van der Waals surface area contributed by atoms with Gasteiger partial charge in [-0.25, -0.2) is 15.8 Å². The third-order valence-electron chi connectivity index (χ3n) is 8.45. The molecule has 0 spiro atoms. The molecule has 8 rings (SSSR count). The molecule has 1 atom stereocenters. The number of hydrazine groups is 1. The molecule has 0 amide bonds. The first-order valence-electron chi connectivity index (χ1n) is 14.3. The van der Waals surface area contributed by atoms with Crippen molar-refractivity contribution in [2.75, 3.05) is 0 Å². The first-order chi connectivity index (χ1) is 21.9. The summed E-state index contributed by atoms with van der Waals surface area (Å²) in [4.78, 5) is 64.7.